The Kier molecular flexibility index (Phi) is 7.47. The van der Waals surface area contributed by atoms with Crippen LogP contribution >= 0.6 is 0 Å². The fourth-order valence-electron chi connectivity index (χ4n) is 6.72. The Morgan fingerprint density at radius 3 is 2.42 bits per heavy atom. The van der Waals surface area contributed by atoms with Gasteiger partial charge >= 0.3 is 0 Å². The van der Waals surface area contributed by atoms with Crippen LogP contribution in [0, 0.1) is 0 Å². The van der Waals surface area contributed by atoms with Crippen molar-refractivity contribution in [1.82, 2.24) is 20.4 Å². The molecule has 8 nitrogen and oxygen atoms in total. The van der Waals surface area contributed by atoms with Crippen LogP contribution in [0.25, 0.3) is 0 Å². The normalized spacial score (nSPS) is 28.8. The van der Waals surface area contributed by atoms with Crippen molar-refractivity contribution in [1.29, 1.82) is 0 Å². The number of carbonyl (C=O) groups is 3. The number of benzene rings is 1. The van der Waals surface area contributed by atoms with E-state index in [9.17, 15) is 14.4 Å². The molecule has 3 heterocycles. The van der Waals surface area contributed by atoms with Crippen molar-refractivity contribution < 1.29 is 19.1 Å². The first kappa shape index (κ1) is 25.4. The van der Waals surface area contributed by atoms with Crippen LogP contribution in [0.5, 0.6) is 0 Å². The van der Waals surface area contributed by atoms with Crippen LogP contribution in [-0.2, 0) is 14.3 Å². The van der Waals surface area contributed by atoms with Gasteiger partial charge in [0.15, 0.2) is 5.78 Å². The van der Waals surface area contributed by atoms with E-state index >= 15 is 0 Å². The molecule has 1 saturated carbocycles. The Bertz CT molecular complexity index is 966. The number of ketones is 1. The molecule has 0 bridgehead atoms. The average molecular weight is 497 g/mol. The molecule has 2 N–H and O–H groups in total. The molecule has 1 aliphatic carbocycles. The van der Waals surface area contributed by atoms with Gasteiger partial charge in [-0.2, -0.15) is 0 Å². The van der Waals surface area contributed by atoms with Crippen LogP contribution in [0.2, 0.25) is 0 Å². The SMILES string of the molecule is CCN1CCC(c2ccc(C(=O)NC3(C(=O)N4C[C@H](NC)[C@H]5OCC(=O)[C@H]54)CCCCC3)cc2)CC1. The highest BCUT2D eigenvalue weighted by molar-refractivity contribution is 6.01. The summed E-state index contributed by atoms with van der Waals surface area (Å²) in [6.07, 6.45) is 5.96. The number of nitrogens with zero attached hydrogens (tertiary/aromatic N) is 2. The average Bonchev–Trinajstić information content (AvgIpc) is 3.49. The molecule has 3 atom stereocenters. The minimum absolute atomic E-state index is 0.0421. The van der Waals surface area contributed by atoms with E-state index in [0.29, 0.717) is 30.9 Å². The highest BCUT2D eigenvalue weighted by Crippen LogP contribution is 2.36. The van der Waals surface area contributed by atoms with Crippen molar-refractivity contribution in [2.45, 2.75) is 81.5 Å². The summed E-state index contributed by atoms with van der Waals surface area (Å²) >= 11 is 0. The third-order valence-electron chi connectivity index (χ3n) is 8.96. The lowest BCUT2D eigenvalue weighted by atomic mass is 9.80. The minimum Gasteiger partial charge on any atom is -0.366 e. The Labute approximate surface area is 214 Å². The summed E-state index contributed by atoms with van der Waals surface area (Å²) in [4.78, 5) is 44.2. The van der Waals surface area contributed by atoms with Gasteiger partial charge in [0, 0.05) is 12.1 Å². The third kappa shape index (κ3) is 4.71. The van der Waals surface area contributed by atoms with E-state index in [0.717, 1.165) is 51.7 Å². The van der Waals surface area contributed by atoms with Crippen LogP contribution < -0.4 is 10.6 Å². The fourth-order valence-corrected chi connectivity index (χ4v) is 6.72. The number of Topliss-reactive ketones (excluding diaryl/α,β-unsaturated/α-hetero) is 1. The summed E-state index contributed by atoms with van der Waals surface area (Å²) < 4.78 is 5.72. The van der Waals surface area contributed by atoms with Gasteiger partial charge in [-0.15, -0.1) is 0 Å². The quantitative estimate of drug-likeness (QED) is 0.627. The van der Waals surface area contributed by atoms with Gasteiger partial charge in [0.25, 0.3) is 5.91 Å². The lowest BCUT2D eigenvalue weighted by Crippen LogP contribution is -2.62. The first-order valence-corrected chi connectivity index (χ1v) is 13.7. The Morgan fingerprint density at radius 1 is 1.08 bits per heavy atom. The largest absolute Gasteiger partial charge is 0.366 e. The molecule has 3 saturated heterocycles. The van der Waals surface area contributed by atoms with Gasteiger partial charge in [0.1, 0.15) is 24.3 Å². The van der Waals surface area contributed by atoms with Crippen LogP contribution in [0.3, 0.4) is 0 Å². The lowest BCUT2D eigenvalue weighted by Gasteiger charge is -2.40. The number of nitrogens with one attached hydrogen (secondary N) is 2. The summed E-state index contributed by atoms with van der Waals surface area (Å²) in [6.45, 7) is 6.00. The fraction of sp³-hybridized carbons (Fsp3) is 0.679. The number of fused-ring (bicyclic) bond motifs is 1. The molecule has 1 aromatic rings. The van der Waals surface area contributed by atoms with Gasteiger partial charge in [-0.1, -0.05) is 38.3 Å². The Hall–Kier alpha value is -2.29. The predicted molar refractivity (Wildman–Crippen MR) is 137 cm³/mol. The molecule has 0 unspecified atom stereocenters. The maximum absolute atomic E-state index is 14.0. The highest BCUT2D eigenvalue weighted by atomic mass is 16.5. The van der Waals surface area contributed by atoms with Gasteiger partial charge < -0.3 is 25.2 Å². The van der Waals surface area contributed by atoms with Crippen molar-refractivity contribution in [2.75, 3.05) is 39.8 Å². The monoisotopic (exact) mass is 496 g/mol. The van der Waals surface area contributed by atoms with Crippen molar-refractivity contribution in [3.8, 4) is 0 Å². The summed E-state index contributed by atoms with van der Waals surface area (Å²) in [6, 6.07) is 7.30. The number of hydrogen-bond donors (Lipinski definition) is 2. The van der Waals surface area contributed by atoms with E-state index < -0.39 is 11.6 Å². The predicted octanol–water partition coefficient (Wildman–Crippen LogP) is 2.09. The first-order chi connectivity index (χ1) is 17.5. The van der Waals surface area contributed by atoms with Crippen LogP contribution in [0.15, 0.2) is 24.3 Å². The minimum atomic E-state index is -0.975. The molecule has 0 spiro atoms. The van der Waals surface area contributed by atoms with Gasteiger partial charge in [-0.05, 0) is 76.0 Å². The van der Waals surface area contributed by atoms with Crippen molar-refractivity contribution >= 4 is 17.6 Å². The summed E-state index contributed by atoms with van der Waals surface area (Å²) in [7, 11) is 1.83. The van der Waals surface area contributed by atoms with E-state index in [-0.39, 0.29) is 36.4 Å². The second kappa shape index (κ2) is 10.6. The van der Waals surface area contributed by atoms with E-state index in [4.69, 9.17) is 4.74 Å². The summed E-state index contributed by atoms with van der Waals surface area (Å²) in [5.74, 6) is 0.128. The van der Waals surface area contributed by atoms with Crippen molar-refractivity contribution in [3.05, 3.63) is 35.4 Å². The first-order valence-electron chi connectivity index (χ1n) is 13.7. The van der Waals surface area contributed by atoms with Crippen LogP contribution in [-0.4, -0.2) is 91.0 Å². The number of amides is 2. The van der Waals surface area contributed by atoms with E-state index in [1.165, 1.54) is 5.56 Å². The maximum atomic E-state index is 14.0. The van der Waals surface area contributed by atoms with Crippen molar-refractivity contribution in [2.24, 2.45) is 0 Å². The molecule has 3 aliphatic heterocycles. The Morgan fingerprint density at radius 2 is 1.78 bits per heavy atom. The number of rotatable bonds is 6. The zero-order valence-electron chi connectivity index (χ0n) is 21.6. The second-order valence-electron chi connectivity index (χ2n) is 11.0. The number of likely N-dealkylation sites (N-methyl/N-ethyl adjacent to an activating group) is 1. The molecule has 0 radical (unpaired) electrons. The molecule has 0 aromatic heterocycles. The topological polar surface area (TPSA) is 91.0 Å². The zero-order valence-corrected chi connectivity index (χ0v) is 21.6. The molecule has 5 rings (SSSR count). The second-order valence-corrected chi connectivity index (χ2v) is 11.0. The van der Waals surface area contributed by atoms with Crippen LogP contribution in [0.4, 0.5) is 0 Å². The van der Waals surface area contributed by atoms with Gasteiger partial charge in [-0.3, -0.25) is 14.4 Å². The van der Waals surface area contributed by atoms with E-state index in [1.807, 2.05) is 19.2 Å². The molecule has 2 amide bonds. The number of piperidine rings is 1. The highest BCUT2D eigenvalue weighted by Gasteiger charge is 2.55. The zero-order chi connectivity index (χ0) is 25.3. The summed E-state index contributed by atoms with van der Waals surface area (Å²) in [5.41, 5.74) is 0.888. The van der Waals surface area contributed by atoms with E-state index in [2.05, 4.69) is 34.6 Å². The van der Waals surface area contributed by atoms with Gasteiger partial charge in [0.05, 0.1) is 6.04 Å². The number of hydrogen-bond acceptors (Lipinski definition) is 6. The number of ether oxygens (including phenoxy) is 1. The number of likely N-dealkylation sites (tertiary alicyclic amines) is 2. The molecule has 4 aliphatic rings. The van der Waals surface area contributed by atoms with Crippen molar-refractivity contribution in [3.63, 3.8) is 0 Å². The van der Waals surface area contributed by atoms with Gasteiger partial charge in [-0.25, -0.2) is 0 Å². The van der Waals surface area contributed by atoms with E-state index in [1.54, 1.807) is 4.90 Å². The third-order valence-corrected chi connectivity index (χ3v) is 8.96. The summed E-state index contributed by atoms with van der Waals surface area (Å²) in [5, 5.41) is 6.36. The van der Waals surface area contributed by atoms with Crippen LogP contribution in [0.1, 0.15) is 73.7 Å². The van der Waals surface area contributed by atoms with Gasteiger partial charge in [0.2, 0.25) is 5.91 Å². The molecule has 8 heteroatoms. The molecular formula is C28H40N4O4. The standard InChI is InChI=1S/C28H40N4O4/c1-3-31-15-11-20(12-16-31)19-7-9-21(10-8-19)26(34)30-28(13-5-4-6-14-28)27(35)32-17-22(29-2)25-24(32)23(33)18-36-25/h7-10,20,22,24-25,29H,3-6,11-18H2,1-2H3,(H,30,34)/t22-,24+,25+/m0/s1. The molecular weight excluding hydrogens is 456 g/mol. The molecule has 36 heavy (non-hydrogen) atoms. The maximum Gasteiger partial charge on any atom is 0.252 e. The smallest absolute Gasteiger partial charge is 0.252 e. The molecule has 1 aromatic carbocycles. The molecule has 4 fully saturated rings. The lowest BCUT2D eigenvalue weighted by molar-refractivity contribution is -0.143. The Balaban J connectivity index is 1.31. The molecule has 196 valence electrons. The number of carbonyl (C=O) groups excluding carboxylic acids is 3.